The van der Waals surface area contributed by atoms with Crippen molar-refractivity contribution in [1.29, 1.82) is 0 Å². The van der Waals surface area contributed by atoms with Crippen LogP contribution in [0.25, 0.3) is 11.0 Å². The minimum atomic E-state index is -0.131. The SMILES string of the molecule is CC(=O)Nc1ccc(NC(=O)Cn2c(C)nc3ccccc32)cc1. The number of aromatic nitrogens is 2. The number of amides is 2. The van der Waals surface area contributed by atoms with Gasteiger partial charge in [0.15, 0.2) is 0 Å². The second kappa shape index (κ2) is 6.54. The number of imidazole rings is 1. The molecule has 0 unspecified atom stereocenters. The van der Waals surface area contributed by atoms with Crippen LogP contribution in [0.5, 0.6) is 0 Å². The highest BCUT2D eigenvalue weighted by atomic mass is 16.2. The van der Waals surface area contributed by atoms with E-state index in [1.54, 1.807) is 24.3 Å². The maximum absolute atomic E-state index is 12.3. The average molecular weight is 322 g/mol. The van der Waals surface area contributed by atoms with Gasteiger partial charge in [-0.3, -0.25) is 9.59 Å². The molecule has 0 saturated carbocycles. The summed E-state index contributed by atoms with van der Waals surface area (Å²) in [5.41, 5.74) is 3.18. The number of fused-ring (bicyclic) bond motifs is 1. The van der Waals surface area contributed by atoms with Crippen molar-refractivity contribution < 1.29 is 9.59 Å². The zero-order valence-electron chi connectivity index (χ0n) is 13.5. The molecular formula is C18H18N4O2. The molecule has 3 rings (SSSR count). The smallest absolute Gasteiger partial charge is 0.244 e. The van der Waals surface area contributed by atoms with Gasteiger partial charge >= 0.3 is 0 Å². The molecule has 122 valence electrons. The number of nitrogens with one attached hydrogen (secondary N) is 2. The number of hydrogen-bond donors (Lipinski definition) is 2. The van der Waals surface area contributed by atoms with Crippen molar-refractivity contribution in [3.05, 3.63) is 54.4 Å². The Morgan fingerprint density at radius 2 is 1.62 bits per heavy atom. The summed E-state index contributed by atoms with van der Waals surface area (Å²) in [6.45, 7) is 3.53. The van der Waals surface area contributed by atoms with Crippen LogP contribution in [-0.4, -0.2) is 21.4 Å². The summed E-state index contributed by atoms with van der Waals surface area (Å²) in [6.07, 6.45) is 0. The van der Waals surface area contributed by atoms with E-state index in [1.807, 2.05) is 35.8 Å². The molecule has 6 heteroatoms. The first-order valence-electron chi connectivity index (χ1n) is 7.62. The maximum Gasteiger partial charge on any atom is 0.244 e. The van der Waals surface area contributed by atoms with Gasteiger partial charge in [0.2, 0.25) is 11.8 Å². The second-order valence-electron chi connectivity index (χ2n) is 5.54. The van der Waals surface area contributed by atoms with Gasteiger partial charge in [-0.05, 0) is 43.3 Å². The molecule has 6 nitrogen and oxygen atoms in total. The number of rotatable bonds is 4. The lowest BCUT2D eigenvalue weighted by atomic mass is 10.2. The van der Waals surface area contributed by atoms with E-state index in [1.165, 1.54) is 6.92 Å². The van der Waals surface area contributed by atoms with Crippen molar-refractivity contribution >= 4 is 34.2 Å². The third kappa shape index (κ3) is 3.43. The largest absolute Gasteiger partial charge is 0.326 e. The topological polar surface area (TPSA) is 76.0 Å². The molecule has 0 radical (unpaired) electrons. The van der Waals surface area contributed by atoms with Gasteiger partial charge in [-0.15, -0.1) is 0 Å². The first-order valence-corrected chi connectivity index (χ1v) is 7.62. The fourth-order valence-electron chi connectivity index (χ4n) is 2.58. The maximum atomic E-state index is 12.3. The summed E-state index contributed by atoms with van der Waals surface area (Å²) in [5.74, 6) is 0.537. The van der Waals surface area contributed by atoms with Gasteiger partial charge in [0.25, 0.3) is 0 Å². The third-order valence-electron chi connectivity index (χ3n) is 3.64. The molecule has 2 N–H and O–H groups in total. The van der Waals surface area contributed by atoms with E-state index in [9.17, 15) is 9.59 Å². The van der Waals surface area contributed by atoms with Crippen LogP contribution in [0.2, 0.25) is 0 Å². The van der Waals surface area contributed by atoms with Gasteiger partial charge in [-0.25, -0.2) is 4.98 Å². The lowest BCUT2D eigenvalue weighted by molar-refractivity contribution is -0.117. The molecular weight excluding hydrogens is 304 g/mol. The summed E-state index contributed by atoms with van der Waals surface area (Å²) in [5, 5.41) is 5.54. The number of aryl methyl sites for hydroxylation is 1. The first kappa shape index (κ1) is 15.7. The van der Waals surface area contributed by atoms with Crippen molar-refractivity contribution in [2.45, 2.75) is 20.4 Å². The summed E-state index contributed by atoms with van der Waals surface area (Å²) >= 11 is 0. The summed E-state index contributed by atoms with van der Waals surface area (Å²) in [6, 6.07) is 14.7. The molecule has 2 aromatic carbocycles. The van der Waals surface area contributed by atoms with Gasteiger partial charge in [0, 0.05) is 18.3 Å². The van der Waals surface area contributed by atoms with E-state index in [4.69, 9.17) is 0 Å². The molecule has 24 heavy (non-hydrogen) atoms. The van der Waals surface area contributed by atoms with E-state index in [0.717, 1.165) is 16.9 Å². The van der Waals surface area contributed by atoms with E-state index >= 15 is 0 Å². The Balaban J connectivity index is 1.71. The predicted octanol–water partition coefficient (Wildman–Crippen LogP) is 2.94. The molecule has 0 fully saturated rings. The molecule has 0 aliphatic heterocycles. The number of para-hydroxylation sites is 2. The Hall–Kier alpha value is -3.15. The van der Waals surface area contributed by atoms with E-state index in [-0.39, 0.29) is 18.4 Å². The Labute approximate surface area is 139 Å². The Morgan fingerprint density at radius 1 is 1.00 bits per heavy atom. The van der Waals surface area contributed by atoms with Gasteiger partial charge in [0.1, 0.15) is 12.4 Å². The van der Waals surface area contributed by atoms with Crippen molar-refractivity contribution in [2.75, 3.05) is 10.6 Å². The number of carbonyl (C=O) groups is 2. The molecule has 1 aromatic heterocycles. The normalized spacial score (nSPS) is 10.6. The van der Waals surface area contributed by atoms with E-state index in [2.05, 4.69) is 15.6 Å². The standard InChI is InChI=1S/C18H18N4O2/c1-12-19-16-5-3-4-6-17(16)22(12)11-18(24)21-15-9-7-14(8-10-15)20-13(2)23/h3-10H,11H2,1-2H3,(H,20,23)(H,21,24). The fourth-order valence-corrected chi connectivity index (χ4v) is 2.58. The van der Waals surface area contributed by atoms with Crippen LogP contribution < -0.4 is 10.6 Å². The molecule has 1 heterocycles. The minimum absolute atomic E-state index is 0.130. The Kier molecular flexibility index (Phi) is 4.29. The molecule has 0 atom stereocenters. The van der Waals surface area contributed by atoms with Gasteiger partial charge < -0.3 is 15.2 Å². The highest BCUT2D eigenvalue weighted by Crippen LogP contribution is 2.17. The third-order valence-corrected chi connectivity index (χ3v) is 3.64. The highest BCUT2D eigenvalue weighted by Gasteiger charge is 2.10. The molecule has 0 aliphatic rings. The van der Waals surface area contributed by atoms with Crippen molar-refractivity contribution in [1.82, 2.24) is 9.55 Å². The number of nitrogens with zero attached hydrogens (tertiary/aromatic N) is 2. The minimum Gasteiger partial charge on any atom is -0.326 e. The average Bonchev–Trinajstić information content (AvgIpc) is 2.85. The van der Waals surface area contributed by atoms with Crippen LogP contribution in [0, 0.1) is 6.92 Å². The van der Waals surface area contributed by atoms with Crippen LogP contribution in [0.15, 0.2) is 48.5 Å². The molecule has 0 aliphatic carbocycles. The molecule has 2 amide bonds. The van der Waals surface area contributed by atoms with Gasteiger partial charge in [-0.2, -0.15) is 0 Å². The molecule has 0 saturated heterocycles. The highest BCUT2D eigenvalue weighted by molar-refractivity contribution is 5.93. The van der Waals surface area contributed by atoms with Crippen LogP contribution in [0.1, 0.15) is 12.7 Å². The molecule has 0 spiro atoms. The zero-order chi connectivity index (χ0) is 17.1. The van der Waals surface area contributed by atoms with Gasteiger partial charge in [-0.1, -0.05) is 12.1 Å². The molecule has 3 aromatic rings. The number of hydrogen-bond acceptors (Lipinski definition) is 3. The predicted molar refractivity (Wildman–Crippen MR) is 93.8 cm³/mol. The van der Waals surface area contributed by atoms with Crippen LogP contribution in [0.4, 0.5) is 11.4 Å². The lowest BCUT2D eigenvalue weighted by Crippen LogP contribution is -2.19. The number of benzene rings is 2. The zero-order valence-corrected chi connectivity index (χ0v) is 13.5. The Bertz CT molecular complexity index is 897. The van der Waals surface area contributed by atoms with Crippen LogP contribution in [0.3, 0.4) is 0 Å². The van der Waals surface area contributed by atoms with E-state index in [0.29, 0.717) is 11.4 Å². The summed E-state index contributed by atoms with van der Waals surface area (Å²) < 4.78 is 1.89. The Morgan fingerprint density at radius 3 is 2.29 bits per heavy atom. The van der Waals surface area contributed by atoms with Gasteiger partial charge in [0.05, 0.1) is 11.0 Å². The van der Waals surface area contributed by atoms with Crippen molar-refractivity contribution in [3.63, 3.8) is 0 Å². The van der Waals surface area contributed by atoms with Crippen LogP contribution >= 0.6 is 0 Å². The quantitative estimate of drug-likeness (QED) is 0.775. The lowest BCUT2D eigenvalue weighted by Gasteiger charge is -2.09. The van der Waals surface area contributed by atoms with E-state index < -0.39 is 0 Å². The number of carbonyl (C=O) groups excluding carboxylic acids is 2. The van der Waals surface area contributed by atoms with Crippen molar-refractivity contribution in [2.24, 2.45) is 0 Å². The van der Waals surface area contributed by atoms with Crippen molar-refractivity contribution in [3.8, 4) is 0 Å². The van der Waals surface area contributed by atoms with Crippen LogP contribution in [-0.2, 0) is 16.1 Å². The summed E-state index contributed by atoms with van der Waals surface area (Å²) in [7, 11) is 0. The second-order valence-corrected chi connectivity index (χ2v) is 5.54. The first-order chi connectivity index (χ1) is 11.5. The monoisotopic (exact) mass is 322 g/mol. The molecule has 0 bridgehead atoms. The number of anilines is 2. The fraction of sp³-hybridized carbons (Fsp3) is 0.167. The summed E-state index contributed by atoms with van der Waals surface area (Å²) in [4.78, 5) is 27.8.